The third-order valence-corrected chi connectivity index (χ3v) is 6.41. The highest BCUT2D eigenvalue weighted by Gasteiger charge is 2.44. The zero-order chi connectivity index (χ0) is 15.0. The van der Waals surface area contributed by atoms with Crippen LogP contribution in [0.3, 0.4) is 0 Å². The fraction of sp³-hybridized carbons (Fsp3) is 1.00. The van der Waals surface area contributed by atoms with Crippen LogP contribution in [-0.2, 0) is 0 Å². The SMILES string of the molecule is CC(C)(C)C1CCCCC1C1CCCCC1C(C)(C)C. The van der Waals surface area contributed by atoms with Gasteiger partial charge in [0, 0.05) is 0 Å². The maximum absolute atomic E-state index is 2.49. The van der Waals surface area contributed by atoms with Crippen LogP contribution in [0.15, 0.2) is 0 Å². The highest BCUT2D eigenvalue weighted by molar-refractivity contribution is 4.93. The third kappa shape index (κ3) is 3.60. The lowest BCUT2D eigenvalue weighted by Gasteiger charge is -2.50. The van der Waals surface area contributed by atoms with Crippen LogP contribution in [0.4, 0.5) is 0 Å². The summed E-state index contributed by atoms with van der Waals surface area (Å²) >= 11 is 0. The average molecular weight is 279 g/mol. The Morgan fingerprint density at radius 3 is 1.10 bits per heavy atom. The van der Waals surface area contributed by atoms with Crippen LogP contribution in [-0.4, -0.2) is 0 Å². The molecule has 2 fully saturated rings. The Bertz CT molecular complexity index is 269. The first-order chi connectivity index (χ1) is 9.21. The summed E-state index contributed by atoms with van der Waals surface area (Å²) in [5.41, 5.74) is 1.01. The van der Waals surface area contributed by atoms with Crippen molar-refractivity contribution in [1.82, 2.24) is 0 Å². The molecule has 0 aromatic rings. The van der Waals surface area contributed by atoms with E-state index in [0.29, 0.717) is 10.8 Å². The molecule has 0 spiro atoms. The molecule has 0 radical (unpaired) electrons. The lowest BCUT2D eigenvalue weighted by atomic mass is 9.55. The molecule has 0 nitrogen and oxygen atoms in total. The predicted molar refractivity (Wildman–Crippen MR) is 89.8 cm³/mol. The van der Waals surface area contributed by atoms with E-state index in [1.165, 1.54) is 51.4 Å². The Morgan fingerprint density at radius 2 is 0.800 bits per heavy atom. The highest BCUT2D eigenvalue weighted by atomic mass is 14.5. The van der Waals surface area contributed by atoms with Gasteiger partial charge in [-0.15, -0.1) is 0 Å². The highest BCUT2D eigenvalue weighted by Crippen LogP contribution is 2.53. The van der Waals surface area contributed by atoms with E-state index in [4.69, 9.17) is 0 Å². The van der Waals surface area contributed by atoms with Gasteiger partial charge in [-0.05, 0) is 60.2 Å². The van der Waals surface area contributed by atoms with Crippen molar-refractivity contribution in [3.8, 4) is 0 Å². The Hall–Kier alpha value is 0. The van der Waals surface area contributed by atoms with E-state index in [0.717, 1.165) is 23.7 Å². The van der Waals surface area contributed by atoms with Crippen molar-refractivity contribution in [2.24, 2.45) is 34.5 Å². The van der Waals surface area contributed by atoms with E-state index in [1.54, 1.807) is 0 Å². The monoisotopic (exact) mass is 278 g/mol. The van der Waals surface area contributed by atoms with E-state index in [2.05, 4.69) is 41.5 Å². The molecule has 0 heteroatoms. The van der Waals surface area contributed by atoms with Crippen molar-refractivity contribution >= 4 is 0 Å². The molecule has 0 heterocycles. The molecule has 0 aliphatic heterocycles. The first kappa shape index (κ1) is 16.4. The van der Waals surface area contributed by atoms with Gasteiger partial charge in [0.25, 0.3) is 0 Å². The third-order valence-electron chi connectivity index (χ3n) is 6.41. The van der Waals surface area contributed by atoms with Crippen LogP contribution in [0.2, 0.25) is 0 Å². The van der Waals surface area contributed by atoms with E-state index in [-0.39, 0.29) is 0 Å². The van der Waals surface area contributed by atoms with Crippen molar-refractivity contribution in [3.63, 3.8) is 0 Å². The van der Waals surface area contributed by atoms with Crippen molar-refractivity contribution in [1.29, 1.82) is 0 Å². The Morgan fingerprint density at radius 1 is 0.500 bits per heavy atom. The maximum atomic E-state index is 2.49. The van der Waals surface area contributed by atoms with Gasteiger partial charge >= 0.3 is 0 Å². The molecular weight excluding hydrogens is 240 g/mol. The van der Waals surface area contributed by atoms with Gasteiger partial charge in [0.15, 0.2) is 0 Å². The maximum Gasteiger partial charge on any atom is -0.0334 e. The van der Waals surface area contributed by atoms with Crippen molar-refractivity contribution < 1.29 is 0 Å². The number of hydrogen-bond donors (Lipinski definition) is 0. The predicted octanol–water partition coefficient (Wildman–Crippen LogP) is 6.69. The van der Waals surface area contributed by atoms with E-state index >= 15 is 0 Å². The Kier molecular flexibility index (Phi) is 4.92. The topological polar surface area (TPSA) is 0 Å². The van der Waals surface area contributed by atoms with Gasteiger partial charge in [0.05, 0.1) is 0 Å². The molecule has 4 unspecified atom stereocenters. The fourth-order valence-electron chi connectivity index (χ4n) is 5.49. The molecule has 0 bridgehead atoms. The second kappa shape index (κ2) is 6.01. The summed E-state index contributed by atoms with van der Waals surface area (Å²) in [5.74, 6) is 3.94. The minimum atomic E-state index is 0.505. The van der Waals surface area contributed by atoms with Crippen LogP contribution in [0.5, 0.6) is 0 Å². The van der Waals surface area contributed by atoms with Crippen LogP contribution in [0.25, 0.3) is 0 Å². The summed E-state index contributed by atoms with van der Waals surface area (Å²) in [6, 6.07) is 0. The molecule has 4 atom stereocenters. The molecule has 0 saturated heterocycles. The number of hydrogen-bond acceptors (Lipinski definition) is 0. The van der Waals surface area contributed by atoms with Gasteiger partial charge in [-0.1, -0.05) is 67.2 Å². The molecular formula is C20H38. The van der Waals surface area contributed by atoms with E-state index < -0.39 is 0 Å². The van der Waals surface area contributed by atoms with Gasteiger partial charge in [-0.3, -0.25) is 0 Å². The van der Waals surface area contributed by atoms with E-state index in [1.807, 2.05) is 0 Å². The summed E-state index contributed by atoms with van der Waals surface area (Å²) < 4.78 is 0. The molecule has 2 aliphatic carbocycles. The van der Waals surface area contributed by atoms with Crippen LogP contribution >= 0.6 is 0 Å². The molecule has 0 N–H and O–H groups in total. The van der Waals surface area contributed by atoms with Gasteiger partial charge in [0.2, 0.25) is 0 Å². The first-order valence-electron chi connectivity index (χ1n) is 9.21. The average Bonchev–Trinajstić information content (AvgIpc) is 2.37. The van der Waals surface area contributed by atoms with Gasteiger partial charge in [0.1, 0.15) is 0 Å². The zero-order valence-electron chi connectivity index (χ0n) is 15.0. The summed E-state index contributed by atoms with van der Waals surface area (Å²) in [5, 5.41) is 0. The zero-order valence-corrected chi connectivity index (χ0v) is 15.0. The molecule has 118 valence electrons. The quantitative estimate of drug-likeness (QED) is 0.501. The van der Waals surface area contributed by atoms with Crippen molar-refractivity contribution in [2.75, 3.05) is 0 Å². The molecule has 2 rings (SSSR count). The van der Waals surface area contributed by atoms with Crippen molar-refractivity contribution in [2.45, 2.75) is 92.9 Å². The number of rotatable bonds is 1. The van der Waals surface area contributed by atoms with Crippen LogP contribution < -0.4 is 0 Å². The van der Waals surface area contributed by atoms with Crippen LogP contribution in [0, 0.1) is 34.5 Å². The first-order valence-corrected chi connectivity index (χ1v) is 9.21. The summed E-state index contributed by atoms with van der Waals surface area (Å²) in [7, 11) is 0. The molecule has 2 aliphatic rings. The molecule has 0 amide bonds. The molecule has 20 heavy (non-hydrogen) atoms. The van der Waals surface area contributed by atoms with Gasteiger partial charge in [-0.2, -0.15) is 0 Å². The normalized spacial score (nSPS) is 36.9. The summed E-state index contributed by atoms with van der Waals surface area (Å²) in [4.78, 5) is 0. The van der Waals surface area contributed by atoms with Crippen LogP contribution in [0.1, 0.15) is 92.9 Å². The minimum absolute atomic E-state index is 0.505. The van der Waals surface area contributed by atoms with Crippen molar-refractivity contribution in [3.05, 3.63) is 0 Å². The molecule has 2 saturated carbocycles. The molecule has 0 aromatic carbocycles. The Labute approximate surface area is 128 Å². The minimum Gasteiger partial charge on any atom is -0.0599 e. The Balaban J connectivity index is 2.21. The summed E-state index contributed by atoms with van der Waals surface area (Å²) in [6.45, 7) is 14.9. The van der Waals surface area contributed by atoms with Gasteiger partial charge in [-0.25, -0.2) is 0 Å². The molecule has 0 aromatic heterocycles. The van der Waals surface area contributed by atoms with E-state index in [9.17, 15) is 0 Å². The lowest BCUT2D eigenvalue weighted by Crippen LogP contribution is -2.42. The second-order valence-electron chi connectivity index (χ2n) is 9.84. The largest absolute Gasteiger partial charge is 0.0599 e. The summed E-state index contributed by atoms with van der Waals surface area (Å²) in [6.07, 6.45) is 11.9. The second-order valence-corrected chi connectivity index (χ2v) is 9.84. The lowest BCUT2D eigenvalue weighted by molar-refractivity contribution is -0.00959. The van der Waals surface area contributed by atoms with Gasteiger partial charge < -0.3 is 0 Å². The smallest absolute Gasteiger partial charge is 0.0334 e. The standard InChI is InChI=1S/C20H38/c1-19(2,3)17-13-9-7-11-15(17)16-12-8-10-14-18(16)20(4,5)6/h15-18H,7-14H2,1-6H3. The fourth-order valence-corrected chi connectivity index (χ4v) is 5.49.